The maximum atomic E-state index is 10.7. The van der Waals surface area contributed by atoms with E-state index in [2.05, 4.69) is 39.2 Å². The van der Waals surface area contributed by atoms with Crippen LogP contribution in [-0.2, 0) is 13.2 Å². The summed E-state index contributed by atoms with van der Waals surface area (Å²) in [6.07, 6.45) is 2.78. The van der Waals surface area contributed by atoms with E-state index in [0.717, 1.165) is 32.7 Å². The number of aromatic nitrogens is 2. The Morgan fingerprint density at radius 2 is 1.77 bits per heavy atom. The number of nitrogens with zero attached hydrogens (tertiary/aromatic N) is 5. The standard InChI is InChI=1S/C15H19N5O2/c21-20(22)15-10-16-19(12-15)13-18-8-6-17(7-9-18)11-14-4-2-1-3-5-14/h1-5,10,12H,6-9,11,13H2. The van der Waals surface area contributed by atoms with E-state index in [0.29, 0.717) is 6.67 Å². The highest BCUT2D eigenvalue weighted by atomic mass is 16.6. The monoisotopic (exact) mass is 301 g/mol. The van der Waals surface area contributed by atoms with Crippen LogP contribution < -0.4 is 0 Å². The number of piperazine rings is 1. The van der Waals surface area contributed by atoms with Crippen molar-refractivity contribution in [3.63, 3.8) is 0 Å². The van der Waals surface area contributed by atoms with E-state index in [1.807, 2.05) is 6.07 Å². The normalized spacial score (nSPS) is 16.7. The molecule has 0 spiro atoms. The van der Waals surface area contributed by atoms with Gasteiger partial charge in [-0.1, -0.05) is 30.3 Å². The zero-order valence-corrected chi connectivity index (χ0v) is 12.3. The number of rotatable bonds is 5. The maximum absolute atomic E-state index is 10.7. The highest BCUT2D eigenvalue weighted by Crippen LogP contribution is 2.11. The van der Waals surface area contributed by atoms with Crippen molar-refractivity contribution >= 4 is 5.69 Å². The summed E-state index contributed by atoms with van der Waals surface area (Å²) in [5.41, 5.74) is 1.38. The van der Waals surface area contributed by atoms with Gasteiger partial charge in [-0.2, -0.15) is 5.10 Å². The fourth-order valence-corrected chi connectivity index (χ4v) is 2.66. The number of nitro groups is 1. The van der Waals surface area contributed by atoms with E-state index in [-0.39, 0.29) is 5.69 Å². The van der Waals surface area contributed by atoms with Crippen LogP contribution in [0.2, 0.25) is 0 Å². The lowest BCUT2D eigenvalue weighted by Crippen LogP contribution is -2.46. The largest absolute Gasteiger partial charge is 0.307 e. The van der Waals surface area contributed by atoms with Gasteiger partial charge in [0.1, 0.15) is 12.4 Å². The predicted octanol–water partition coefficient (Wildman–Crippen LogP) is 1.57. The minimum absolute atomic E-state index is 0.0442. The SMILES string of the molecule is O=[N+]([O-])c1cnn(CN2CCN(Cc3ccccc3)CC2)c1. The summed E-state index contributed by atoms with van der Waals surface area (Å²) < 4.78 is 1.63. The molecule has 0 atom stereocenters. The Balaban J connectivity index is 1.48. The molecule has 116 valence electrons. The lowest BCUT2D eigenvalue weighted by atomic mass is 10.2. The van der Waals surface area contributed by atoms with E-state index in [1.54, 1.807) is 4.68 Å². The fourth-order valence-electron chi connectivity index (χ4n) is 2.66. The van der Waals surface area contributed by atoms with E-state index >= 15 is 0 Å². The fraction of sp³-hybridized carbons (Fsp3) is 0.400. The molecule has 22 heavy (non-hydrogen) atoms. The Labute approximate surface area is 128 Å². The van der Waals surface area contributed by atoms with Gasteiger partial charge in [-0.3, -0.25) is 24.6 Å². The minimum atomic E-state index is -0.415. The summed E-state index contributed by atoms with van der Waals surface area (Å²) >= 11 is 0. The molecule has 3 rings (SSSR count). The Morgan fingerprint density at radius 1 is 1.09 bits per heavy atom. The van der Waals surface area contributed by atoms with Gasteiger partial charge in [-0.05, 0) is 5.56 Å². The quantitative estimate of drug-likeness (QED) is 0.619. The topological polar surface area (TPSA) is 67.4 Å². The molecule has 1 aromatic heterocycles. The lowest BCUT2D eigenvalue weighted by Gasteiger charge is -2.34. The van der Waals surface area contributed by atoms with Crippen molar-refractivity contribution in [2.24, 2.45) is 0 Å². The first-order chi connectivity index (χ1) is 10.7. The van der Waals surface area contributed by atoms with Crippen LogP contribution in [-0.4, -0.2) is 50.7 Å². The third kappa shape index (κ3) is 3.69. The second-order valence-electron chi connectivity index (χ2n) is 5.52. The second-order valence-corrected chi connectivity index (χ2v) is 5.52. The summed E-state index contributed by atoms with van der Waals surface area (Å²) in [6, 6.07) is 10.5. The van der Waals surface area contributed by atoms with Crippen LogP contribution in [0.3, 0.4) is 0 Å². The summed E-state index contributed by atoms with van der Waals surface area (Å²) in [5, 5.41) is 14.7. The zero-order chi connectivity index (χ0) is 15.4. The molecule has 7 nitrogen and oxygen atoms in total. The molecule has 1 saturated heterocycles. The van der Waals surface area contributed by atoms with Crippen LogP contribution in [0, 0.1) is 10.1 Å². The molecule has 2 heterocycles. The predicted molar refractivity (Wildman–Crippen MR) is 82.2 cm³/mol. The first kappa shape index (κ1) is 14.7. The molecule has 7 heteroatoms. The average molecular weight is 301 g/mol. The number of hydrogen-bond acceptors (Lipinski definition) is 5. The van der Waals surface area contributed by atoms with Gasteiger partial charge in [0.2, 0.25) is 0 Å². The Kier molecular flexibility index (Phi) is 4.45. The van der Waals surface area contributed by atoms with Crippen LogP contribution >= 0.6 is 0 Å². The maximum Gasteiger partial charge on any atom is 0.307 e. The van der Waals surface area contributed by atoms with Crippen molar-refractivity contribution in [3.8, 4) is 0 Å². The molecule has 0 bridgehead atoms. The molecular weight excluding hydrogens is 282 g/mol. The Hall–Kier alpha value is -2.25. The summed E-state index contributed by atoms with van der Waals surface area (Å²) in [6.45, 7) is 5.46. The van der Waals surface area contributed by atoms with Gasteiger partial charge in [0.15, 0.2) is 0 Å². The summed E-state index contributed by atoms with van der Waals surface area (Å²) in [7, 11) is 0. The van der Waals surface area contributed by atoms with E-state index in [1.165, 1.54) is 18.0 Å². The van der Waals surface area contributed by atoms with Crippen LogP contribution in [0.1, 0.15) is 5.56 Å². The van der Waals surface area contributed by atoms with Gasteiger partial charge in [0, 0.05) is 32.7 Å². The van der Waals surface area contributed by atoms with Crippen molar-refractivity contribution in [3.05, 3.63) is 58.4 Å². The van der Waals surface area contributed by atoms with E-state index < -0.39 is 4.92 Å². The molecule has 0 radical (unpaired) electrons. The molecule has 1 fully saturated rings. The van der Waals surface area contributed by atoms with E-state index in [4.69, 9.17) is 0 Å². The minimum Gasteiger partial charge on any atom is -0.297 e. The van der Waals surface area contributed by atoms with Crippen molar-refractivity contribution in [1.29, 1.82) is 0 Å². The van der Waals surface area contributed by atoms with Crippen LogP contribution in [0.25, 0.3) is 0 Å². The molecular formula is C15H19N5O2. The van der Waals surface area contributed by atoms with Crippen molar-refractivity contribution in [2.45, 2.75) is 13.2 Å². The number of hydrogen-bond donors (Lipinski definition) is 0. The lowest BCUT2D eigenvalue weighted by molar-refractivity contribution is -0.385. The molecule has 2 aromatic rings. The highest BCUT2D eigenvalue weighted by molar-refractivity contribution is 5.20. The average Bonchev–Trinajstić information content (AvgIpc) is 2.99. The third-order valence-electron chi connectivity index (χ3n) is 3.89. The van der Waals surface area contributed by atoms with Crippen molar-refractivity contribution in [1.82, 2.24) is 19.6 Å². The Morgan fingerprint density at radius 3 is 2.41 bits per heavy atom. The summed E-state index contributed by atoms with van der Waals surface area (Å²) in [4.78, 5) is 14.9. The van der Waals surface area contributed by atoms with Gasteiger partial charge in [-0.15, -0.1) is 0 Å². The molecule has 0 N–H and O–H groups in total. The third-order valence-corrected chi connectivity index (χ3v) is 3.89. The molecule has 0 unspecified atom stereocenters. The van der Waals surface area contributed by atoms with Crippen molar-refractivity contribution < 1.29 is 4.92 Å². The first-order valence-corrected chi connectivity index (χ1v) is 7.36. The zero-order valence-electron chi connectivity index (χ0n) is 12.3. The first-order valence-electron chi connectivity index (χ1n) is 7.36. The molecule has 1 aromatic carbocycles. The summed E-state index contributed by atoms with van der Waals surface area (Å²) in [5.74, 6) is 0. The van der Waals surface area contributed by atoms with Gasteiger partial charge in [0.25, 0.3) is 0 Å². The van der Waals surface area contributed by atoms with Crippen LogP contribution in [0.5, 0.6) is 0 Å². The highest BCUT2D eigenvalue weighted by Gasteiger charge is 2.18. The molecule has 1 aliphatic heterocycles. The second kappa shape index (κ2) is 6.67. The molecule has 0 saturated carbocycles. The van der Waals surface area contributed by atoms with E-state index in [9.17, 15) is 10.1 Å². The van der Waals surface area contributed by atoms with Gasteiger partial charge in [0.05, 0.1) is 11.6 Å². The van der Waals surface area contributed by atoms with Crippen LogP contribution in [0.4, 0.5) is 5.69 Å². The van der Waals surface area contributed by atoms with Gasteiger partial charge < -0.3 is 0 Å². The molecule has 0 amide bonds. The van der Waals surface area contributed by atoms with Gasteiger partial charge >= 0.3 is 5.69 Å². The molecule has 0 aliphatic carbocycles. The van der Waals surface area contributed by atoms with Crippen LogP contribution in [0.15, 0.2) is 42.7 Å². The van der Waals surface area contributed by atoms with Crippen molar-refractivity contribution in [2.75, 3.05) is 26.2 Å². The number of benzene rings is 1. The Bertz CT molecular complexity index is 620. The molecule has 1 aliphatic rings. The smallest absolute Gasteiger partial charge is 0.297 e. The van der Waals surface area contributed by atoms with Gasteiger partial charge in [-0.25, -0.2) is 0 Å².